The number of thioether (sulfide) groups is 1. The quantitative estimate of drug-likeness (QED) is 0.651. The summed E-state index contributed by atoms with van der Waals surface area (Å²) in [5.41, 5.74) is 0.523. The SMILES string of the molecule is Cc1nnc(SCC(=O)N[C@@H]2C[C@H]3CC[C@@]2(C)C3(C)C)n1N. The Morgan fingerprint density at radius 1 is 1.45 bits per heavy atom. The lowest BCUT2D eigenvalue weighted by Gasteiger charge is -2.39. The molecule has 3 atom stereocenters. The third-order valence-electron chi connectivity index (χ3n) is 6.30. The van der Waals surface area contributed by atoms with Crippen LogP contribution in [0.2, 0.25) is 0 Å². The molecule has 0 unspecified atom stereocenters. The topological polar surface area (TPSA) is 85.8 Å². The van der Waals surface area contributed by atoms with Gasteiger partial charge in [-0.3, -0.25) is 4.79 Å². The number of nitrogens with two attached hydrogens (primary N) is 1. The molecule has 0 aromatic carbocycles. The Hall–Kier alpha value is -1.24. The predicted molar refractivity (Wildman–Crippen MR) is 86.8 cm³/mol. The van der Waals surface area contributed by atoms with E-state index in [2.05, 4.69) is 36.3 Å². The molecule has 2 bridgehead atoms. The molecule has 3 N–H and O–H groups in total. The number of aromatic nitrogens is 3. The first-order chi connectivity index (χ1) is 10.3. The Morgan fingerprint density at radius 2 is 2.18 bits per heavy atom. The van der Waals surface area contributed by atoms with Crippen molar-refractivity contribution in [3.05, 3.63) is 5.82 Å². The predicted octanol–water partition coefficient (Wildman–Crippen LogP) is 1.72. The van der Waals surface area contributed by atoms with Gasteiger partial charge in [0.2, 0.25) is 11.1 Å². The molecule has 1 heterocycles. The van der Waals surface area contributed by atoms with Crippen LogP contribution in [0.25, 0.3) is 0 Å². The van der Waals surface area contributed by atoms with E-state index in [0.29, 0.717) is 22.1 Å². The smallest absolute Gasteiger partial charge is 0.230 e. The molecule has 7 heteroatoms. The summed E-state index contributed by atoms with van der Waals surface area (Å²) in [6, 6.07) is 0.284. The maximum atomic E-state index is 12.3. The number of nitrogen functional groups attached to an aromatic ring is 1. The van der Waals surface area contributed by atoms with Crippen LogP contribution in [0.1, 0.15) is 45.9 Å². The van der Waals surface area contributed by atoms with Gasteiger partial charge in [0.05, 0.1) is 5.75 Å². The molecule has 1 aromatic heterocycles. The van der Waals surface area contributed by atoms with Crippen LogP contribution in [0.15, 0.2) is 5.16 Å². The lowest BCUT2D eigenvalue weighted by molar-refractivity contribution is -0.120. The molecule has 0 saturated heterocycles. The monoisotopic (exact) mass is 323 g/mol. The Labute approximate surface area is 135 Å². The fourth-order valence-corrected chi connectivity index (χ4v) is 4.95. The Kier molecular flexibility index (Phi) is 3.66. The van der Waals surface area contributed by atoms with Gasteiger partial charge in [-0.25, -0.2) is 4.68 Å². The lowest BCUT2D eigenvalue weighted by atomic mass is 9.69. The highest BCUT2D eigenvalue weighted by molar-refractivity contribution is 7.99. The molecule has 2 aliphatic carbocycles. The van der Waals surface area contributed by atoms with E-state index < -0.39 is 0 Å². The molecule has 22 heavy (non-hydrogen) atoms. The third-order valence-corrected chi connectivity index (χ3v) is 7.24. The second-order valence-electron chi connectivity index (χ2n) is 7.42. The van der Waals surface area contributed by atoms with Crippen molar-refractivity contribution in [1.82, 2.24) is 20.2 Å². The number of rotatable bonds is 4. The molecule has 1 aromatic rings. The first kappa shape index (κ1) is 15.6. The van der Waals surface area contributed by atoms with Crippen LogP contribution >= 0.6 is 11.8 Å². The van der Waals surface area contributed by atoms with Gasteiger partial charge in [0.25, 0.3) is 0 Å². The zero-order chi connectivity index (χ0) is 16.1. The third kappa shape index (κ3) is 2.21. The van der Waals surface area contributed by atoms with E-state index in [9.17, 15) is 4.79 Å². The zero-order valence-electron chi connectivity index (χ0n) is 13.7. The minimum atomic E-state index is 0.0558. The largest absolute Gasteiger partial charge is 0.352 e. The van der Waals surface area contributed by atoms with Crippen LogP contribution in [0.3, 0.4) is 0 Å². The lowest BCUT2D eigenvalue weighted by Crippen LogP contribution is -2.47. The highest BCUT2D eigenvalue weighted by Crippen LogP contribution is 2.65. The number of nitrogens with one attached hydrogen (secondary N) is 1. The fraction of sp³-hybridized carbons (Fsp3) is 0.800. The van der Waals surface area contributed by atoms with Crippen molar-refractivity contribution < 1.29 is 4.79 Å². The van der Waals surface area contributed by atoms with Gasteiger partial charge in [-0.1, -0.05) is 32.5 Å². The molecule has 0 radical (unpaired) electrons. The minimum absolute atomic E-state index is 0.0558. The van der Waals surface area contributed by atoms with Gasteiger partial charge in [-0.15, -0.1) is 10.2 Å². The first-order valence-corrected chi connectivity index (χ1v) is 8.83. The van der Waals surface area contributed by atoms with Gasteiger partial charge in [-0.05, 0) is 42.9 Å². The molecule has 6 nitrogen and oxygen atoms in total. The number of hydrogen-bond donors (Lipinski definition) is 2. The second-order valence-corrected chi connectivity index (χ2v) is 8.36. The molecule has 3 rings (SSSR count). The van der Waals surface area contributed by atoms with E-state index in [0.717, 1.165) is 12.3 Å². The van der Waals surface area contributed by atoms with Crippen molar-refractivity contribution in [2.75, 3.05) is 11.6 Å². The summed E-state index contributed by atoms with van der Waals surface area (Å²) in [5, 5.41) is 11.7. The summed E-state index contributed by atoms with van der Waals surface area (Å²) in [4.78, 5) is 12.3. The molecular formula is C15H25N5OS. The van der Waals surface area contributed by atoms with Crippen LogP contribution < -0.4 is 11.2 Å². The molecular weight excluding hydrogens is 298 g/mol. The van der Waals surface area contributed by atoms with Crippen molar-refractivity contribution in [3.63, 3.8) is 0 Å². The molecule has 2 saturated carbocycles. The Bertz CT molecular complexity index is 599. The molecule has 0 aliphatic heterocycles. The standard InChI is InChI=1S/C15H25N5OS/c1-9-18-19-13(20(9)16)22-8-12(21)17-11-7-10-5-6-15(11,4)14(10,2)3/h10-11H,5-8,16H2,1-4H3,(H,17,21)/t10-,11-,15-/m1/s1. The van der Waals surface area contributed by atoms with Crippen LogP contribution in [0.4, 0.5) is 0 Å². The molecule has 1 amide bonds. The van der Waals surface area contributed by atoms with E-state index in [1.807, 2.05) is 0 Å². The van der Waals surface area contributed by atoms with Gasteiger partial charge in [0.1, 0.15) is 5.82 Å². The summed E-state index contributed by atoms with van der Waals surface area (Å²) in [6.45, 7) is 8.82. The number of fused-ring (bicyclic) bond motifs is 2. The highest BCUT2D eigenvalue weighted by atomic mass is 32.2. The summed E-state index contributed by atoms with van der Waals surface area (Å²) in [7, 11) is 0. The molecule has 2 aliphatic rings. The number of carbonyl (C=O) groups excluding carboxylic acids is 1. The summed E-state index contributed by atoms with van der Waals surface area (Å²) >= 11 is 1.33. The number of amides is 1. The van der Waals surface area contributed by atoms with Crippen molar-refractivity contribution in [2.45, 2.75) is 58.2 Å². The van der Waals surface area contributed by atoms with Crippen molar-refractivity contribution in [2.24, 2.45) is 16.7 Å². The van der Waals surface area contributed by atoms with Crippen molar-refractivity contribution >= 4 is 17.7 Å². The van der Waals surface area contributed by atoms with Crippen LogP contribution in [0, 0.1) is 23.7 Å². The molecule has 2 fully saturated rings. The minimum Gasteiger partial charge on any atom is -0.352 e. The van der Waals surface area contributed by atoms with Crippen molar-refractivity contribution in [3.8, 4) is 0 Å². The summed E-state index contributed by atoms with van der Waals surface area (Å²) in [6.07, 6.45) is 3.60. The number of hydrogen-bond acceptors (Lipinski definition) is 5. The number of nitrogens with zero attached hydrogens (tertiary/aromatic N) is 3. The maximum absolute atomic E-state index is 12.3. The van der Waals surface area contributed by atoms with Gasteiger partial charge >= 0.3 is 0 Å². The first-order valence-electron chi connectivity index (χ1n) is 7.85. The van der Waals surface area contributed by atoms with Crippen molar-refractivity contribution in [1.29, 1.82) is 0 Å². The average Bonchev–Trinajstić information content (AvgIpc) is 2.95. The normalized spacial score (nSPS) is 32.4. The average molecular weight is 323 g/mol. The van der Waals surface area contributed by atoms with E-state index in [1.54, 1.807) is 6.92 Å². The maximum Gasteiger partial charge on any atom is 0.230 e. The van der Waals surface area contributed by atoms with Gasteiger partial charge < -0.3 is 11.2 Å². The highest BCUT2D eigenvalue weighted by Gasteiger charge is 2.61. The zero-order valence-corrected chi connectivity index (χ0v) is 14.5. The summed E-state index contributed by atoms with van der Waals surface area (Å²) in [5.74, 6) is 7.55. The van der Waals surface area contributed by atoms with Crippen LogP contribution in [-0.2, 0) is 4.79 Å². The fourth-order valence-electron chi connectivity index (χ4n) is 4.24. The second kappa shape index (κ2) is 5.15. The molecule has 0 spiro atoms. The van der Waals surface area contributed by atoms with E-state index in [1.165, 1.54) is 29.3 Å². The van der Waals surface area contributed by atoms with Gasteiger partial charge in [-0.2, -0.15) is 0 Å². The van der Waals surface area contributed by atoms with Gasteiger partial charge in [0.15, 0.2) is 0 Å². The number of aryl methyl sites for hydroxylation is 1. The van der Waals surface area contributed by atoms with Crippen LogP contribution in [-0.4, -0.2) is 32.6 Å². The van der Waals surface area contributed by atoms with Gasteiger partial charge in [0, 0.05) is 6.04 Å². The Morgan fingerprint density at radius 3 is 2.68 bits per heavy atom. The Balaban J connectivity index is 1.58. The number of carbonyl (C=O) groups is 1. The summed E-state index contributed by atoms with van der Waals surface area (Å²) < 4.78 is 1.42. The van der Waals surface area contributed by atoms with E-state index in [-0.39, 0.29) is 17.4 Å². The van der Waals surface area contributed by atoms with E-state index in [4.69, 9.17) is 5.84 Å². The van der Waals surface area contributed by atoms with Crippen LogP contribution in [0.5, 0.6) is 0 Å². The van der Waals surface area contributed by atoms with E-state index >= 15 is 0 Å². The molecule has 122 valence electrons.